The van der Waals surface area contributed by atoms with E-state index in [9.17, 15) is 18.0 Å². The first-order chi connectivity index (χ1) is 12.4. The van der Waals surface area contributed by atoms with Crippen LogP contribution in [0.4, 0.5) is 23.7 Å². The van der Waals surface area contributed by atoms with E-state index in [1.165, 1.54) is 35.8 Å². The Balaban J connectivity index is 1.69. The van der Waals surface area contributed by atoms with Crippen LogP contribution in [0.15, 0.2) is 64.6 Å². The molecule has 0 aliphatic rings. The minimum atomic E-state index is -4.54. The molecule has 4 nitrogen and oxygen atoms in total. The quantitative estimate of drug-likeness (QED) is 0.630. The van der Waals surface area contributed by atoms with E-state index in [1.54, 1.807) is 12.1 Å². The molecule has 1 atom stereocenters. The highest BCUT2D eigenvalue weighted by atomic mass is 32.1. The first-order valence-corrected chi connectivity index (χ1v) is 8.61. The van der Waals surface area contributed by atoms with Crippen LogP contribution < -0.4 is 10.6 Å². The van der Waals surface area contributed by atoms with Crippen molar-refractivity contribution in [1.29, 1.82) is 0 Å². The van der Waals surface area contributed by atoms with Crippen molar-refractivity contribution < 1.29 is 22.4 Å². The average molecular weight is 380 g/mol. The zero-order chi connectivity index (χ0) is 18.6. The summed E-state index contributed by atoms with van der Waals surface area (Å²) in [6.45, 7) is 0.189. The topological polar surface area (TPSA) is 54.3 Å². The molecule has 2 N–H and O–H groups in total. The Morgan fingerprint density at radius 1 is 1.12 bits per heavy atom. The summed E-state index contributed by atoms with van der Waals surface area (Å²) in [6, 6.07) is 11.5. The molecule has 0 radical (unpaired) electrons. The van der Waals surface area contributed by atoms with Crippen LogP contribution in [-0.2, 0) is 6.18 Å². The maximum absolute atomic E-state index is 13.0. The van der Waals surface area contributed by atoms with Gasteiger partial charge in [-0.2, -0.15) is 13.2 Å². The molecule has 2 amide bonds. The minimum Gasteiger partial charge on any atom is -0.469 e. The number of halogens is 3. The highest BCUT2D eigenvalue weighted by Gasteiger charge is 2.33. The molecule has 2 heterocycles. The van der Waals surface area contributed by atoms with Gasteiger partial charge < -0.3 is 15.1 Å². The van der Waals surface area contributed by atoms with Crippen molar-refractivity contribution in [3.05, 3.63) is 76.4 Å². The second-order valence-corrected chi connectivity index (χ2v) is 6.44. The van der Waals surface area contributed by atoms with Crippen LogP contribution in [0.3, 0.4) is 0 Å². The largest absolute Gasteiger partial charge is 0.469 e. The molecule has 3 rings (SSSR count). The molecule has 0 fully saturated rings. The second kappa shape index (κ2) is 7.65. The fourth-order valence-electron chi connectivity index (χ4n) is 2.52. The van der Waals surface area contributed by atoms with Gasteiger partial charge >= 0.3 is 12.2 Å². The Morgan fingerprint density at radius 2 is 1.92 bits per heavy atom. The number of thiophene rings is 1. The van der Waals surface area contributed by atoms with Crippen LogP contribution in [-0.4, -0.2) is 12.6 Å². The molecule has 2 aromatic heterocycles. The Labute approximate surface area is 151 Å². The normalized spacial score (nSPS) is 12.6. The van der Waals surface area contributed by atoms with Crippen LogP contribution in [0.2, 0.25) is 0 Å². The van der Waals surface area contributed by atoms with Crippen LogP contribution in [0.1, 0.15) is 22.1 Å². The van der Waals surface area contributed by atoms with Gasteiger partial charge in [-0.05, 0) is 35.7 Å². The third kappa shape index (κ3) is 4.26. The van der Waals surface area contributed by atoms with Crippen LogP contribution in [0.25, 0.3) is 0 Å². The fourth-order valence-corrected chi connectivity index (χ4v) is 3.36. The van der Waals surface area contributed by atoms with Crippen LogP contribution >= 0.6 is 11.3 Å². The first kappa shape index (κ1) is 18.1. The number of carbonyl (C=O) groups excluding carboxylic acids is 1. The summed E-state index contributed by atoms with van der Waals surface area (Å²) in [5.41, 5.74) is -1.18. The molecule has 3 aromatic rings. The number of nitrogens with one attached hydrogen (secondary N) is 2. The summed E-state index contributed by atoms with van der Waals surface area (Å²) in [4.78, 5) is 13.1. The maximum Gasteiger partial charge on any atom is 0.418 e. The van der Waals surface area contributed by atoms with Crippen molar-refractivity contribution >= 4 is 23.1 Å². The molecule has 0 aliphatic heterocycles. The van der Waals surface area contributed by atoms with E-state index in [2.05, 4.69) is 10.6 Å². The van der Waals surface area contributed by atoms with E-state index < -0.39 is 17.8 Å². The number of hydrogen-bond acceptors (Lipinski definition) is 3. The average Bonchev–Trinajstić information content (AvgIpc) is 3.28. The molecule has 1 aromatic carbocycles. The zero-order valence-electron chi connectivity index (χ0n) is 13.4. The lowest BCUT2D eigenvalue weighted by Crippen LogP contribution is -2.33. The van der Waals surface area contributed by atoms with Gasteiger partial charge in [0.1, 0.15) is 5.76 Å². The molecule has 136 valence electrons. The van der Waals surface area contributed by atoms with Gasteiger partial charge in [-0.15, -0.1) is 11.3 Å². The summed E-state index contributed by atoms with van der Waals surface area (Å²) >= 11 is 1.51. The van der Waals surface area contributed by atoms with Crippen molar-refractivity contribution in [3.63, 3.8) is 0 Å². The molecule has 0 saturated carbocycles. The molecule has 1 unspecified atom stereocenters. The summed E-state index contributed by atoms with van der Waals surface area (Å²) in [6.07, 6.45) is -3.01. The van der Waals surface area contributed by atoms with Crippen LogP contribution in [0.5, 0.6) is 0 Å². The minimum absolute atomic E-state index is 0.189. The molecule has 0 aliphatic carbocycles. The molecular formula is C18H15F3N2O2S. The second-order valence-electron chi connectivity index (χ2n) is 5.46. The summed E-state index contributed by atoms with van der Waals surface area (Å²) in [7, 11) is 0. The van der Waals surface area contributed by atoms with Gasteiger partial charge in [-0.3, -0.25) is 0 Å². The number of furan rings is 1. The highest BCUT2D eigenvalue weighted by molar-refractivity contribution is 7.10. The molecule has 0 saturated heterocycles. The summed E-state index contributed by atoms with van der Waals surface area (Å²) in [5, 5.41) is 6.79. The first-order valence-electron chi connectivity index (χ1n) is 7.73. The number of amides is 2. The van der Waals surface area contributed by atoms with Crippen molar-refractivity contribution in [2.75, 3.05) is 11.9 Å². The Morgan fingerprint density at radius 3 is 2.58 bits per heavy atom. The third-order valence-electron chi connectivity index (χ3n) is 3.72. The number of urea groups is 1. The van der Waals surface area contributed by atoms with Gasteiger partial charge in [0, 0.05) is 11.4 Å². The van der Waals surface area contributed by atoms with Crippen LogP contribution in [0, 0.1) is 0 Å². The standard InChI is InChI=1S/C18H15F3N2O2S/c19-18(20,21)13-5-1-2-6-14(13)23-17(24)22-11-12(15-7-3-9-25-15)16-8-4-10-26-16/h1-10,12H,11H2,(H2,22,23,24). The van der Waals surface area contributed by atoms with Gasteiger partial charge in [0.2, 0.25) is 0 Å². The molecule has 8 heteroatoms. The van der Waals surface area contributed by atoms with E-state index >= 15 is 0 Å². The Bertz CT molecular complexity index is 811. The van der Waals surface area contributed by atoms with Crippen molar-refractivity contribution in [3.8, 4) is 0 Å². The number of rotatable bonds is 5. The Kier molecular flexibility index (Phi) is 5.32. The van der Waals surface area contributed by atoms with E-state index in [0.29, 0.717) is 5.76 Å². The lowest BCUT2D eigenvalue weighted by atomic mass is 10.0. The third-order valence-corrected chi connectivity index (χ3v) is 4.71. The van der Waals surface area contributed by atoms with Crippen molar-refractivity contribution in [2.45, 2.75) is 12.1 Å². The van der Waals surface area contributed by atoms with E-state index in [0.717, 1.165) is 10.9 Å². The van der Waals surface area contributed by atoms with E-state index in [4.69, 9.17) is 4.42 Å². The maximum atomic E-state index is 13.0. The predicted molar refractivity (Wildman–Crippen MR) is 93.3 cm³/mol. The summed E-state index contributed by atoms with van der Waals surface area (Å²) < 4.78 is 44.4. The number of alkyl halides is 3. The zero-order valence-corrected chi connectivity index (χ0v) is 14.2. The number of benzene rings is 1. The smallest absolute Gasteiger partial charge is 0.418 e. The van der Waals surface area contributed by atoms with Gasteiger partial charge in [0.15, 0.2) is 0 Å². The number of para-hydroxylation sites is 1. The predicted octanol–water partition coefficient (Wildman–Crippen LogP) is 5.31. The fraction of sp³-hybridized carbons (Fsp3) is 0.167. The Hall–Kier alpha value is -2.74. The molecule has 0 spiro atoms. The van der Waals surface area contributed by atoms with Crippen molar-refractivity contribution in [2.24, 2.45) is 0 Å². The van der Waals surface area contributed by atoms with Gasteiger partial charge in [-0.25, -0.2) is 4.79 Å². The molecule has 26 heavy (non-hydrogen) atoms. The molecule has 0 bridgehead atoms. The lowest BCUT2D eigenvalue weighted by molar-refractivity contribution is -0.136. The van der Waals surface area contributed by atoms with E-state index in [1.807, 2.05) is 17.5 Å². The lowest BCUT2D eigenvalue weighted by Gasteiger charge is -2.16. The SMILES string of the molecule is O=C(NCC(c1ccco1)c1cccs1)Nc1ccccc1C(F)(F)F. The number of anilines is 1. The number of carbonyl (C=O) groups is 1. The number of hydrogen-bond donors (Lipinski definition) is 2. The van der Waals surface area contributed by atoms with Gasteiger partial charge in [0.25, 0.3) is 0 Å². The van der Waals surface area contributed by atoms with Gasteiger partial charge in [-0.1, -0.05) is 18.2 Å². The monoisotopic (exact) mass is 380 g/mol. The van der Waals surface area contributed by atoms with Crippen molar-refractivity contribution in [1.82, 2.24) is 5.32 Å². The molecular weight excluding hydrogens is 365 g/mol. The van der Waals surface area contributed by atoms with Gasteiger partial charge in [0.05, 0.1) is 23.4 Å². The van der Waals surface area contributed by atoms with E-state index in [-0.39, 0.29) is 18.2 Å². The summed E-state index contributed by atoms with van der Waals surface area (Å²) in [5.74, 6) is 0.456. The highest BCUT2D eigenvalue weighted by Crippen LogP contribution is 2.34.